The molecular formula is C22H33NO3. The Morgan fingerprint density at radius 3 is 2.50 bits per heavy atom. The summed E-state index contributed by atoms with van der Waals surface area (Å²) in [5.74, 6) is 1.09. The Labute approximate surface area is 157 Å². The first-order chi connectivity index (χ1) is 12.4. The van der Waals surface area contributed by atoms with E-state index in [0.717, 1.165) is 37.5 Å². The van der Waals surface area contributed by atoms with Gasteiger partial charge in [-0.25, -0.2) is 4.79 Å². The molecule has 0 atom stereocenters. The minimum atomic E-state index is -0.431. The number of hydrogen-bond donors (Lipinski definition) is 1. The number of carbonyl (C=O) groups is 2. The van der Waals surface area contributed by atoms with Gasteiger partial charge in [0.1, 0.15) is 0 Å². The van der Waals surface area contributed by atoms with Crippen LogP contribution in [0.1, 0.15) is 76.1 Å². The van der Waals surface area contributed by atoms with Gasteiger partial charge in [0.15, 0.2) is 0 Å². The van der Waals surface area contributed by atoms with E-state index in [-0.39, 0.29) is 11.3 Å². The number of para-hydroxylation sites is 1. The molecule has 0 saturated heterocycles. The molecule has 1 aromatic rings. The van der Waals surface area contributed by atoms with E-state index in [9.17, 15) is 9.59 Å². The van der Waals surface area contributed by atoms with E-state index >= 15 is 0 Å². The smallest absolute Gasteiger partial charge is 0.339 e. The van der Waals surface area contributed by atoms with E-state index < -0.39 is 5.97 Å². The third-order valence-corrected chi connectivity index (χ3v) is 5.73. The zero-order chi connectivity index (χ0) is 19.2. The van der Waals surface area contributed by atoms with Crippen molar-refractivity contribution in [1.82, 2.24) is 0 Å². The van der Waals surface area contributed by atoms with Crippen molar-refractivity contribution in [3.63, 3.8) is 0 Å². The minimum absolute atomic E-state index is 0.00878. The van der Waals surface area contributed by atoms with Crippen molar-refractivity contribution >= 4 is 17.6 Å². The Kier molecular flexibility index (Phi) is 7.24. The number of methoxy groups -OCH3 is 1. The van der Waals surface area contributed by atoms with E-state index in [1.807, 2.05) is 13.0 Å². The van der Waals surface area contributed by atoms with Crippen LogP contribution in [0.15, 0.2) is 24.3 Å². The molecule has 1 aromatic carbocycles. The summed E-state index contributed by atoms with van der Waals surface area (Å²) in [4.78, 5) is 24.8. The lowest BCUT2D eigenvalue weighted by atomic mass is 9.70. The van der Waals surface area contributed by atoms with Crippen molar-refractivity contribution < 1.29 is 14.3 Å². The molecule has 1 amide bonds. The quantitative estimate of drug-likeness (QED) is 0.660. The molecule has 4 nitrogen and oxygen atoms in total. The highest BCUT2D eigenvalue weighted by Gasteiger charge is 2.37. The van der Waals surface area contributed by atoms with Gasteiger partial charge in [-0.3, -0.25) is 4.79 Å². The van der Waals surface area contributed by atoms with Gasteiger partial charge in [0.25, 0.3) is 0 Å². The number of amides is 1. The maximum Gasteiger partial charge on any atom is 0.339 e. The molecule has 1 fully saturated rings. The standard InChI is InChI=1S/C22H33NO3/c1-16(2)8-7-9-17-12-14-22(3,15-13-17)21(25)23-19-11-6-5-10-18(19)20(24)26-4/h5-6,10-11,16-17H,7-9,12-15H2,1-4H3,(H,23,25). The summed E-state index contributed by atoms with van der Waals surface area (Å²) < 4.78 is 4.81. The van der Waals surface area contributed by atoms with Gasteiger partial charge in [0.05, 0.1) is 18.4 Å². The predicted octanol–water partition coefficient (Wildman–Crippen LogP) is 5.43. The van der Waals surface area contributed by atoms with E-state index in [1.54, 1.807) is 18.2 Å². The van der Waals surface area contributed by atoms with Crippen molar-refractivity contribution in [3.8, 4) is 0 Å². The number of carbonyl (C=O) groups excluding carboxylic acids is 2. The van der Waals surface area contributed by atoms with Gasteiger partial charge in [-0.2, -0.15) is 0 Å². The van der Waals surface area contributed by atoms with E-state index in [4.69, 9.17) is 4.74 Å². The lowest BCUT2D eigenvalue weighted by molar-refractivity contribution is -0.126. The molecule has 1 N–H and O–H groups in total. The molecule has 144 valence electrons. The summed E-state index contributed by atoms with van der Waals surface area (Å²) in [5, 5.41) is 2.97. The Morgan fingerprint density at radius 2 is 1.88 bits per heavy atom. The normalized spacial score (nSPS) is 22.9. The Hall–Kier alpha value is -1.84. The summed E-state index contributed by atoms with van der Waals surface area (Å²) in [6, 6.07) is 7.02. The van der Waals surface area contributed by atoms with Crippen molar-refractivity contribution in [2.45, 2.75) is 65.7 Å². The molecule has 1 aliphatic rings. The van der Waals surface area contributed by atoms with Gasteiger partial charge >= 0.3 is 5.97 Å². The van der Waals surface area contributed by atoms with Crippen LogP contribution in [0.5, 0.6) is 0 Å². The molecular weight excluding hydrogens is 326 g/mol. The van der Waals surface area contributed by atoms with Crippen LogP contribution in [0, 0.1) is 17.3 Å². The first kappa shape index (κ1) is 20.5. The summed E-state index contributed by atoms with van der Waals surface area (Å²) >= 11 is 0. The molecule has 0 spiro atoms. The number of nitrogens with one attached hydrogen (secondary N) is 1. The second-order valence-corrected chi connectivity index (χ2v) is 8.32. The van der Waals surface area contributed by atoms with Gasteiger partial charge in [0, 0.05) is 5.41 Å². The van der Waals surface area contributed by atoms with E-state index in [1.165, 1.54) is 26.4 Å². The molecule has 0 heterocycles. The maximum absolute atomic E-state index is 12.9. The molecule has 26 heavy (non-hydrogen) atoms. The lowest BCUT2D eigenvalue weighted by Gasteiger charge is -2.36. The van der Waals surface area contributed by atoms with Crippen LogP contribution in [0.2, 0.25) is 0 Å². The highest BCUT2D eigenvalue weighted by molar-refractivity contribution is 6.02. The highest BCUT2D eigenvalue weighted by Crippen LogP contribution is 2.41. The zero-order valence-corrected chi connectivity index (χ0v) is 16.6. The maximum atomic E-state index is 12.9. The molecule has 0 bridgehead atoms. The number of esters is 1. The molecule has 1 aliphatic carbocycles. The fraction of sp³-hybridized carbons (Fsp3) is 0.636. The van der Waals surface area contributed by atoms with Crippen LogP contribution in [-0.2, 0) is 9.53 Å². The largest absolute Gasteiger partial charge is 0.465 e. The molecule has 1 saturated carbocycles. The summed E-state index contributed by atoms with van der Waals surface area (Å²) in [5.41, 5.74) is 0.566. The Balaban J connectivity index is 1.93. The number of ether oxygens (including phenoxy) is 1. The van der Waals surface area contributed by atoms with Gasteiger partial charge in [-0.15, -0.1) is 0 Å². The Bertz CT molecular complexity index is 616. The van der Waals surface area contributed by atoms with Crippen LogP contribution in [0.3, 0.4) is 0 Å². The molecule has 0 aliphatic heterocycles. The number of hydrogen-bond acceptors (Lipinski definition) is 3. The second-order valence-electron chi connectivity index (χ2n) is 8.32. The Morgan fingerprint density at radius 1 is 1.23 bits per heavy atom. The van der Waals surface area contributed by atoms with Gasteiger partial charge < -0.3 is 10.1 Å². The molecule has 4 heteroatoms. The molecule has 0 unspecified atom stereocenters. The fourth-order valence-electron chi connectivity index (χ4n) is 3.80. The topological polar surface area (TPSA) is 55.4 Å². The summed E-state index contributed by atoms with van der Waals surface area (Å²) in [6.07, 6.45) is 7.90. The minimum Gasteiger partial charge on any atom is -0.465 e. The molecule has 0 radical (unpaired) electrons. The number of rotatable bonds is 7. The van der Waals surface area contributed by atoms with Crippen molar-refractivity contribution in [2.75, 3.05) is 12.4 Å². The number of anilines is 1. The van der Waals surface area contributed by atoms with Crippen molar-refractivity contribution in [2.24, 2.45) is 17.3 Å². The van der Waals surface area contributed by atoms with Crippen molar-refractivity contribution in [1.29, 1.82) is 0 Å². The van der Waals surface area contributed by atoms with Crippen LogP contribution in [-0.4, -0.2) is 19.0 Å². The van der Waals surface area contributed by atoms with Crippen molar-refractivity contribution in [3.05, 3.63) is 29.8 Å². The van der Waals surface area contributed by atoms with Gasteiger partial charge in [-0.1, -0.05) is 52.2 Å². The first-order valence-electron chi connectivity index (χ1n) is 9.84. The van der Waals surface area contributed by atoms with Crippen LogP contribution in [0.25, 0.3) is 0 Å². The third kappa shape index (κ3) is 5.33. The zero-order valence-electron chi connectivity index (χ0n) is 16.6. The van der Waals surface area contributed by atoms with Gasteiger partial charge in [-0.05, 0) is 49.7 Å². The monoisotopic (exact) mass is 359 g/mol. The van der Waals surface area contributed by atoms with Crippen LogP contribution < -0.4 is 5.32 Å². The van der Waals surface area contributed by atoms with Crippen LogP contribution >= 0.6 is 0 Å². The molecule has 0 aromatic heterocycles. The average molecular weight is 360 g/mol. The predicted molar refractivity (Wildman–Crippen MR) is 105 cm³/mol. The van der Waals surface area contributed by atoms with E-state index in [2.05, 4.69) is 19.2 Å². The summed E-state index contributed by atoms with van der Waals surface area (Å²) in [7, 11) is 1.35. The highest BCUT2D eigenvalue weighted by atomic mass is 16.5. The summed E-state index contributed by atoms with van der Waals surface area (Å²) in [6.45, 7) is 6.59. The van der Waals surface area contributed by atoms with E-state index in [0.29, 0.717) is 11.3 Å². The number of benzene rings is 1. The lowest BCUT2D eigenvalue weighted by Crippen LogP contribution is -2.37. The van der Waals surface area contributed by atoms with Crippen LogP contribution in [0.4, 0.5) is 5.69 Å². The fourth-order valence-corrected chi connectivity index (χ4v) is 3.80. The van der Waals surface area contributed by atoms with Gasteiger partial charge in [0.2, 0.25) is 5.91 Å². The molecule has 2 rings (SSSR count). The SMILES string of the molecule is COC(=O)c1ccccc1NC(=O)C1(C)CCC(CCCC(C)C)CC1. The first-order valence-corrected chi connectivity index (χ1v) is 9.84. The third-order valence-electron chi connectivity index (χ3n) is 5.73. The second kappa shape index (κ2) is 9.20. The average Bonchev–Trinajstić information content (AvgIpc) is 2.63.